The Morgan fingerprint density at radius 2 is 2.06 bits per heavy atom. The van der Waals surface area contributed by atoms with Gasteiger partial charge >= 0.3 is 0 Å². The van der Waals surface area contributed by atoms with Crippen LogP contribution in [0.2, 0.25) is 10.0 Å². The predicted molar refractivity (Wildman–Crippen MR) is 119 cm³/mol. The number of hydrogen-bond donors (Lipinski definition) is 5. The van der Waals surface area contributed by atoms with Gasteiger partial charge in [0.1, 0.15) is 5.10 Å². The number of carbonyl (C=O) groups is 2. The summed E-state index contributed by atoms with van der Waals surface area (Å²) in [5, 5.41) is 24.4. The number of rotatable bonds is 10. The molecule has 0 unspecified atom stereocenters. The van der Waals surface area contributed by atoms with Crippen LogP contribution >= 0.6 is 23.2 Å². The van der Waals surface area contributed by atoms with Crippen LogP contribution in [0.25, 0.3) is 0 Å². The number of anilines is 1. The number of nitrogens with one attached hydrogen (secondary N) is 4. The van der Waals surface area contributed by atoms with E-state index in [-0.39, 0.29) is 23.8 Å². The highest BCUT2D eigenvalue weighted by Gasteiger charge is 2.30. The van der Waals surface area contributed by atoms with E-state index in [1.807, 2.05) is 0 Å². The minimum atomic E-state index is -0.869. The molecule has 0 aliphatic carbocycles. The zero-order chi connectivity index (χ0) is 22.8. The summed E-state index contributed by atoms with van der Waals surface area (Å²) in [4.78, 5) is 34.7. The van der Waals surface area contributed by atoms with E-state index in [9.17, 15) is 19.7 Å². The molecule has 170 valence electrons. The van der Waals surface area contributed by atoms with E-state index in [1.165, 1.54) is 0 Å². The van der Waals surface area contributed by atoms with Crippen LogP contribution in [0.15, 0.2) is 23.3 Å². The van der Waals surface area contributed by atoms with Crippen molar-refractivity contribution in [3.63, 3.8) is 0 Å². The maximum Gasteiger partial charge on any atom is 0.266 e. The number of hydrazone groups is 1. The Kier molecular flexibility index (Phi) is 9.76. The molecule has 31 heavy (non-hydrogen) atoms. The Balaban J connectivity index is 1.62. The average Bonchev–Trinajstić information content (AvgIpc) is 3.14. The third-order valence-corrected chi connectivity index (χ3v) is 5.13. The number of nitro groups is 1. The summed E-state index contributed by atoms with van der Waals surface area (Å²) in [5.74, 6) is -0.558. The van der Waals surface area contributed by atoms with Crippen LogP contribution in [0.3, 0.4) is 0 Å². The maximum atomic E-state index is 12.4. The second kappa shape index (κ2) is 12.3. The van der Waals surface area contributed by atoms with Gasteiger partial charge in [-0.15, -0.1) is 0 Å². The Labute approximate surface area is 189 Å². The number of nitrogens with two attached hydrogens (primary N) is 1. The Morgan fingerprint density at radius 3 is 2.77 bits per heavy atom. The van der Waals surface area contributed by atoms with Crippen LogP contribution in [0.5, 0.6) is 0 Å². The molecule has 11 nitrogen and oxygen atoms in total. The minimum absolute atomic E-state index is 0.0870. The highest BCUT2D eigenvalue weighted by molar-refractivity contribution is 6.36. The summed E-state index contributed by atoms with van der Waals surface area (Å²) < 4.78 is 0. The highest BCUT2D eigenvalue weighted by Crippen LogP contribution is 2.25. The van der Waals surface area contributed by atoms with Gasteiger partial charge in [0.15, 0.2) is 5.03 Å². The summed E-state index contributed by atoms with van der Waals surface area (Å²) in [7, 11) is 0. The first-order chi connectivity index (χ1) is 14.7. The largest absolute Gasteiger partial charge is 0.365 e. The summed E-state index contributed by atoms with van der Waals surface area (Å²) in [6.45, 7) is 0.933. The first-order valence-electron chi connectivity index (χ1n) is 9.75. The van der Waals surface area contributed by atoms with Crippen molar-refractivity contribution in [1.29, 1.82) is 0 Å². The first-order valence-corrected chi connectivity index (χ1v) is 10.5. The van der Waals surface area contributed by atoms with Crippen molar-refractivity contribution in [1.82, 2.24) is 16.0 Å². The van der Waals surface area contributed by atoms with Gasteiger partial charge < -0.3 is 27.0 Å². The molecule has 1 heterocycles. The molecule has 2 atom stereocenters. The fraction of sp³-hybridized carbons (Fsp3) is 0.500. The number of halogens is 2. The molecule has 2 rings (SSSR count). The molecule has 1 fully saturated rings. The topological polar surface area (TPSA) is 164 Å². The van der Waals surface area contributed by atoms with Gasteiger partial charge in [-0.3, -0.25) is 9.59 Å². The molecular weight excluding hydrogens is 449 g/mol. The van der Waals surface area contributed by atoms with Gasteiger partial charge in [-0.05, 0) is 37.5 Å². The lowest BCUT2D eigenvalue weighted by Crippen LogP contribution is -2.36. The van der Waals surface area contributed by atoms with Gasteiger partial charge in [-0.2, -0.15) is 0 Å². The summed E-state index contributed by atoms with van der Waals surface area (Å²) in [5.41, 5.74) is 5.78. The van der Waals surface area contributed by atoms with Crippen molar-refractivity contribution in [2.24, 2.45) is 10.8 Å². The lowest BCUT2D eigenvalue weighted by molar-refractivity contribution is -0.485. The van der Waals surface area contributed by atoms with E-state index >= 15 is 0 Å². The molecule has 0 saturated carbocycles. The second-order valence-electron chi connectivity index (χ2n) is 7.03. The van der Waals surface area contributed by atoms with Crippen molar-refractivity contribution in [3.8, 4) is 0 Å². The number of carbonyl (C=O) groups excluding carboxylic acids is 2. The second-order valence-corrected chi connectivity index (χ2v) is 7.88. The normalized spacial score (nSPS) is 18.5. The molecule has 0 radical (unpaired) electrons. The van der Waals surface area contributed by atoms with E-state index < -0.39 is 11.1 Å². The first kappa shape index (κ1) is 24.6. The highest BCUT2D eigenvalue weighted by atomic mass is 35.5. The van der Waals surface area contributed by atoms with Crippen LogP contribution in [0.1, 0.15) is 32.1 Å². The number of unbranched alkanes of at least 4 members (excludes halogenated alkanes) is 2. The van der Waals surface area contributed by atoms with Crippen molar-refractivity contribution in [2.45, 2.75) is 44.2 Å². The molecule has 1 aromatic carbocycles. The van der Waals surface area contributed by atoms with E-state index in [0.717, 1.165) is 6.42 Å². The van der Waals surface area contributed by atoms with Gasteiger partial charge in [0.05, 0.1) is 16.8 Å². The van der Waals surface area contributed by atoms with Gasteiger partial charge in [0.2, 0.25) is 11.8 Å². The zero-order valence-electron chi connectivity index (χ0n) is 16.7. The average molecular weight is 474 g/mol. The Hall–Kier alpha value is -2.63. The monoisotopic (exact) mass is 473 g/mol. The smallest absolute Gasteiger partial charge is 0.266 e. The molecule has 0 aromatic heterocycles. The van der Waals surface area contributed by atoms with Crippen molar-refractivity contribution < 1.29 is 14.6 Å². The van der Waals surface area contributed by atoms with E-state index in [1.54, 1.807) is 18.2 Å². The van der Waals surface area contributed by atoms with Crippen molar-refractivity contribution >= 4 is 46.7 Å². The molecule has 1 saturated heterocycles. The minimum Gasteiger partial charge on any atom is -0.365 e. The molecule has 6 N–H and O–H groups in total. The Morgan fingerprint density at radius 1 is 1.29 bits per heavy atom. The van der Waals surface area contributed by atoms with Crippen LogP contribution in [0, 0.1) is 10.1 Å². The van der Waals surface area contributed by atoms with Gasteiger partial charge in [0, 0.05) is 30.6 Å². The number of nitrogens with zero attached hydrogens (tertiary/aromatic N) is 2. The summed E-state index contributed by atoms with van der Waals surface area (Å²) in [6, 6.07) is 4.25. The Bertz CT molecular complexity index is 837. The molecule has 2 amide bonds. The van der Waals surface area contributed by atoms with E-state index in [2.05, 4.69) is 26.4 Å². The molecule has 1 aliphatic heterocycles. The fourth-order valence-electron chi connectivity index (χ4n) is 3.08. The maximum absolute atomic E-state index is 12.4. The van der Waals surface area contributed by atoms with Crippen molar-refractivity contribution in [3.05, 3.63) is 38.4 Å². The van der Waals surface area contributed by atoms with Gasteiger partial charge in [-0.1, -0.05) is 29.6 Å². The molecule has 1 aromatic rings. The van der Waals surface area contributed by atoms with Gasteiger partial charge in [-0.25, -0.2) is 10.1 Å². The van der Waals surface area contributed by atoms with Crippen LogP contribution in [0.4, 0.5) is 5.69 Å². The van der Waals surface area contributed by atoms with Crippen LogP contribution in [-0.2, 0) is 9.59 Å². The quantitative estimate of drug-likeness (QED) is 0.113. The van der Waals surface area contributed by atoms with E-state index in [0.29, 0.717) is 54.5 Å². The zero-order valence-corrected chi connectivity index (χ0v) is 18.2. The molecule has 0 spiro atoms. The summed E-state index contributed by atoms with van der Waals surface area (Å²) >= 11 is 11.9. The van der Waals surface area contributed by atoms with Crippen LogP contribution < -0.4 is 27.0 Å². The lowest BCUT2D eigenvalue weighted by atomic mass is 10.1. The number of guanidine groups is 1. The third kappa shape index (κ3) is 8.95. The molecule has 1 aliphatic rings. The van der Waals surface area contributed by atoms with E-state index in [4.69, 9.17) is 28.9 Å². The lowest BCUT2D eigenvalue weighted by Gasteiger charge is -2.13. The van der Waals surface area contributed by atoms with Crippen molar-refractivity contribution in [2.75, 3.05) is 18.4 Å². The molecular formula is C18H25Cl2N7O4. The number of amides is 2. The van der Waals surface area contributed by atoms with Gasteiger partial charge in [0.25, 0.3) is 5.96 Å². The number of hydrogen-bond acceptors (Lipinski definition) is 5. The number of benzene rings is 1. The van der Waals surface area contributed by atoms with Crippen LogP contribution in [-0.4, -0.2) is 48.0 Å². The summed E-state index contributed by atoms with van der Waals surface area (Å²) in [6.07, 6.45) is 2.94. The molecule has 0 bridgehead atoms. The SMILES string of the molecule is N/C(=N\[N+](=O)[O-])NCCCCCC(=O)N[C@@H]1CN[C@H](C(=O)Nc2ccc(Cl)cc2Cl)C1. The molecule has 13 heteroatoms. The standard InChI is InChI=1S/C18H25Cl2N7O4/c19-11-5-6-14(13(20)8-11)25-17(29)15-9-12(10-23-15)24-16(28)4-2-1-3-7-22-18(21)26-27(30)31/h5-6,8,12,15,23H,1-4,7,9-10H2,(H,24,28)(H,25,29)(H3,21,22,26)/t12-,15-/m0/s1. The predicted octanol–water partition coefficient (Wildman–Crippen LogP) is 1.44. The fourth-order valence-corrected chi connectivity index (χ4v) is 3.54. The third-order valence-electron chi connectivity index (χ3n) is 4.58.